The number of benzene rings is 2. The molecule has 7 nitrogen and oxygen atoms in total. The third-order valence-electron chi connectivity index (χ3n) is 5.72. The van der Waals surface area contributed by atoms with Crippen LogP contribution in [0.1, 0.15) is 28.2 Å². The maximum Gasteiger partial charge on any atom is 0.322 e. The van der Waals surface area contributed by atoms with Gasteiger partial charge in [-0.3, -0.25) is 4.79 Å². The molecule has 0 atom stereocenters. The van der Waals surface area contributed by atoms with Gasteiger partial charge in [-0.1, -0.05) is 18.2 Å². The topological polar surface area (TPSA) is 75.0 Å². The molecule has 0 fully saturated rings. The second kappa shape index (κ2) is 12.2. The number of nitrogens with one attached hydrogen (secondary N) is 1. The van der Waals surface area contributed by atoms with Crippen molar-refractivity contribution < 1.29 is 23.1 Å². The number of carbonyl (C=O) groups excluding carboxylic acids is 2. The van der Waals surface area contributed by atoms with Gasteiger partial charge in [0, 0.05) is 25.9 Å². The van der Waals surface area contributed by atoms with Crippen molar-refractivity contribution in [3.8, 4) is 0 Å². The predicted octanol–water partition coefficient (Wildman–Crippen LogP) is 5.05. The van der Waals surface area contributed by atoms with Crippen molar-refractivity contribution in [1.82, 2.24) is 9.80 Å². The SMILES string of the molecule is COCCN(CC(=O)N(Cc1ccc(F)cc1)Cc1ccc(C)o1)C(=O)Nc1ccc(C)c(C)c1. The van der Waals surface area contributed by atoms with E-state index < -0.39 is 6.03 Å². The van der Waals surface area contributed by atoms with Crippen LogP contribution in [0, 0.1) is 26.6 Å². The number of nitrogens with zero attached hydrogens (tertiary/aromatic N) is 2. The summed E-state index contributed by atoms with van der Waals surface area (Å²) in [5.41, 5.74) is 3.61. The molecule has 0 unspecified atom stereocenters. The predicted molar refractivity (Wildman–Crippen MR) is 132 cm³/mol. The Morgan fingerprint density at radius 1 is 0.943 bits per heavy atom. The van der Waals surface area contributed by atoms with Gasteiger partial charge in [-0.15, -0.1) is 0 Å². The standard InChI is InChI=1S/C27H32FN3O4/c1-19-5-11-24(15-20(19)2)29-27(33)30(13-14-34-4)18-26(32)31(17-25-12-6-21(3)35-25)16-22-7-9-23(28)10-8-22/h5-12,15H,13-14,16-18H2,1-4H3,(H,29,33). The zero-order valence-electron chi connectivity index (χ0n) is 20.6. The molecule has 0 spiro atoms. The quantitative estimate of drug-likeness (QED) is 0.440. The first-order valence-electron chi connectivity index (χ1n) is 11.4. The number of amides is 3. The van der Waals surface area contributed by atoms with E-state index in [0.29, 0.717) is 11.4 Å². The van der Waals surface area contributed by atoms with E-state index >= 15 is 0 Å². The second-order valence-electron chi connectivity index (χ2n) is 8.53. The maximum absolute atomic E-state index is 13.4. The number of rotatable bonds is 10. The number of hydrogen-bond acceptors (Lipinski definition) is 4. The molecule has 0 bridgehead atoms. The van der Waals surface area contributed by atoms with Crippen molar-refractivity contribution in [2.45, 2.75) is 33.9 Å². The first kappa shape index (κ1) is 26.0. The van der Waals surface area contributed by atoms with Gasteiger partial charge in [-0.25, -0.2) is 9.18 Å². The largest absolute Gasteiger partial charge is 0.464 e. The summed E-state index contributed by atoms with van der Waals surface area (Å²) in [6.07, 6.45) is 0. The second-order valence-corrected chi connectivity index (χ2v) is 8.53. The number of hydrogen-bond donors (Lipinski definition) is 1. The van der Waals surface area contributed by atoms with Gasteiger partial charge in [0.15, 0.2) is 0 Å². The number of carbonyl (C=O) groups is 2. The van der Waals surface area contributed by atoms with E-state index in [9.17, 15) is 14.0 Å². The fourth-order valence-electron chi connectivity index (χ4n) is 3.54. The lowest BCUT2D eigenvalue weighted by atomic mass is 10.1. The van der Waals surface area contributed by atoms with Crippen LogP contribution in [0.15, 0.2) is 59.0 Å². The van der Waals surface area contributed by atoms with Crippen molar-refractivity contribution in [3.05, 3.63) is 88.6 Å². The molecule has 0 aliphatic heterocycles. The molecule has 3 rings (SSSR count). The van der Waals surface area contributed by atoms with Crippen molar-refractivity contribution in [2.75, 3.05) is 32.1 Å². The first-order chi connectivity index (χ1) is 16.7. The minimum atomic E-state index is -0.394. The average molecular weight is 482 g/mol. The molecule has 1 heterocycles. The van der Waals surface area contributed by atoms with E-state index in [1.54, 1.807) is 24.1 Å². The number of methoxy groups -OCH3 is 1. The van der Waals surface area contributed by atoms with Crippen molar-refractivity contribution in [3.63, 3.8) is 0 Å². The summed E-state index contributed by atoms with van der Waals surface area (Å²) in [6.45, 7) is 6.64. The number of anilines is 1. The monoisotopic (exact) mass is 481 g/mol. The Balaban J connectivity index is 1.77. The highest BCUT2D eigenvalue weighted by Gasteiger charge is 2.23. The number of furan rings is 1. The molecule has 8 heteroatoms. The fourth-order valence-corrected chi connectivity index (χ4v) is 3.54. The normalized spacial score (nSPS) is 10.8. The molecule has 0 aliphatic carbocycles. The Morgan fingerprint density at radius 2 is 1.69 bits per heavy atom. The Hall–Kier alpha value is -3.65. The van der Waals surface area contributed by atoms with Gasteiger partial charge in [-0.2, -0.15) is 0 Å². The Labute approximate surface area is 205 Å². The molecule has 3 aromatic rings. The molecule has 0 saturated carbocycles. The van der Waals surface area contributed by atoms with Gasteiger partial charge < -0.3 is 24.3 Å². The summed E-state index contributed by atoms with van der Waals surface area (Å²) >= 11 is 0. The first-order valence-corrected chi connectivity index (χ1v) is 11.4. The molecule has 35 heavy (non-hydrogen) atoms. The van der Waals surface area contributed by atoms with Gasteiger partial charge in [0.1, 0.15) is 23.9 Å². The Morgan fingerprint density at radius 3 is 2.31 bits per heavy atom. The van der Waals surface area contributed by atoms with Gasteiger partial charge in [0.2, 0.25) is 5.91 Å². The van der Waals surface area contributed by atoms with Crippen LogP contribution in [0.2, 0.25) is 0 Å². The molecule has 1 aromatic heterocycles. The van der Waals surface area contributed by atoms with Crippen molar-refractivity contribution >= 4 is 17.6 Å². The zero-order chi connectivity index (χ0) is 25.4. The number of halogens is 1. The Bertz CT molecular complexity index is 1140. The van der Waals surface area contributed by atoms with Crippen LogP contribution in [0.4, 0.5) is 14.9 Å². The third kappa shape index (κ3) is 7.68. The van der Waals surface area contributed by atoms with Crippen LogP contribution >= 0.6 is 0 Å². The van der Waals surface area contributed by atoms with E-state index in [1.807, 2.05) is 51.1 Å². The third-order valence-corrected chi connectivity index (χ3v) is 5.72. The summed E-state index contributed by atoms with van der Waals surface area (Å²) < 4.78 is 24.2. The molecule has 0 radical (unpaired) electrons. The number of urea groups is 1. The van der Waals surface area contributed by atoms with E-state index in [1.165, 1.54) is 17.0 Å². The van der Waals surface area contributed by atoms with E-state index in [4.69, 9.17) is 9.15 Å². The lowest BCUT2D eigenvalue weighted by molar-refractivity contribution is -0.133. The lowest BCUT2D eigenvalue weighted by Gasteiger charge is -2.27. The highest BCUT2D eigenvalue weighted by Crippen LogP contribution is 2.16. The van der Waals surface area contributed by atoms with E-state index in [2.05, 4.69) is 5.32 Å². The smallest absolute Gasteiger partial charge is 0.322 e. The van der Waals surface area contributed by atoms with Gasteiger partial charge >= 0.3 is 6.03 Å². The molecule has 3 amide bonds. The van der Waals surface area contributed by atoms with Crippen LogP contribution in [-0.4, -0.2) is 48.5 Å². The summed E-state index contributed by atoms with van der Waals surface area (Å²) in [7, 11) is 1.54. The summed E-state index contributed by atoms with van der Waals surface area (Å²) in [5, 5.41) is 2.87. The number of ether oxygens (including phenoxy) is 1. The summed E-state index contributed by atoms with van der Waals surface area (Å²) in [6, 6.07) is 14.9. The minimum absolute atomic E-state index is 0.152. The molecule has 1 N–H and O–H groups in total. The van der Waals surface area contributed by atoms with Crippen LogP contribution in [0.5, 0.6) is 0 Å². The minimum Gasteiger partial charge on any atom is -0.464 e. The highest BCUT2D eigenvalue weighted by atomic mass is 19.1. The Kier molecular flexibility index (Phi) is 9.03. The molecule has 186 valence electrons. The zero-order valence-corrected chi connectivity index (χ0v) is 20.6. The molecule has 0 saturated heterocycles. The highest BCUT2D eigenvalue weighted by molar-refractivity contribution is 5.92. The van der Waals surface area contributed by atoms with E-state index in [-0.39, 0.29) is 44.5 Å². The van der Waals surface area contributed by atoms with Gasteiger partial charge in [0.25, 0.3) is 0 Å². The maximum atomic E-state index is 13.4. The van der Waals surface area contributed by atoms with Crippen molar-refractivity contribution in [1.29, 1.82) is 0 Å². The van der Waals surface area contributed by atoms with Crippen LogP contribution in [0.25, 0.3) is 0 Å². The van der Waals surface area contributed by atoms with Crippen molar-refractivity contribution in [2.24, 2.45) is 0 Å². The van der Waals surface area contributed by atoms with Crippen LogP contribution in [0.3, 0.4) is 0 Å². The molecular weight excluding hydrogens is 449 g/mol. The lowest BCUT2D eigenvalue weighted by Crippen LogP contribution is -2.45. The molecular formula is C27H32FN3O4. The van der Waals surface area contributed by atoms with Crippen LogP contribution in [-0.2, 0) is 22.6 Å². The number of aryl methyl sites for hydroxylation is 3. The summed E-state index contributed by atoms with van der Waals surface area (Å²) in [4.78, 5) is 29.5. The fraction of sp³-hybridized carbons (Fsp3) is 0.333. The molecule has 0 aliphatic rings. The van der Waals surface area contributed by atoms with Crippen LogP contribution < -0.4 is 5.32 Å². The van der Waals surface area contributed by atoms with Gasteiger partial charge in [-0.05, 0) is 73.9 Å². The van der Waals surface area contributed by atoms with Gasteiger partial charge in [0.05, 0.1) is 13.2 Å². The van der Waals surface area contributed by atoms with E-state index in [0.717, 1.165) is 22.5 Å². The molecule has 2 aromatic carbocycles. The average Bonchev–Trinajstić information content (AvgIpc) is 3.24. The summed E-state index contributed by atoms with van der Waals surface area (Å²) in [5.74, 6) is 0.751.